The van der Waals surface area contributed by atoms with Gasteiger partial charge in [-0.3, -0.25) is 19.5 Å². The van der Waals surface area contributed by atoms with Gasteiger partial charge in [-0.15, -0.1) is 10.2 Å². The number of para-hydroxylation sites is 1. The lowest BCUT2D eigenvalue weighted by Crippen LogP contribution is -2.23. The van der Waals surface area contributed by atoms with Gasteiger partial charge in [0.2, 0.25) is 5.91 Å². The average Bonchev–Trinajstić information content (AvgIpc) is 3.27. The molecule has 11 heteroatoms. The number of hydrogen-bond donors (Lipinski definition) is 1. The van der Waals surface area contributed by atoms with E-state index in [9.17, 15) is 14.9 Å². The molecule has 1 atom stereocenters. The lowest BCUT2D eigenvalue weighted by atomic mass is 10.2. The standard InChI is InChI=1S/C25H22ClN5O4S/c1-16-8-11-20(31(33)34)14-22(16)27-24(32)17(2)36-25-29-28-23(30(25)19-6-4-3-5-7-19)15-35-21-12-9-18(26)10-13-21/h3-14,17H,15H2,1-2H3,(H,27,32). The number of aromatic nitrogens is 3. The number of non-ortho nitro benzene ring substituents is 1. The Kier molecular flexibility index (Phi) is 7.87. The Bertz CT molecular complexity index is 1380. The Morgan fingerprint density at radius 2 is 1.86 bits per heavy atom. The largest absolute Gasteiger partial charge is 0.486 e. The maximum absolute atomic E-state index is 12.9. The van der Waals surface area contributed by atoms with Gasteiger partial charge in [0, 0.05) is 22.8 Å². The third-order valence-corrected chi connectivity index (χ3v) is 6.53. The summed E-state index contributed by atoms with van der Waals surface area (Å²) in [5.74, 6) is 0.877. The first-order valence-electron chi connectivity index (χ1n) is 10.9. The van der Waals surface area contributed by atoms with Gasteiger partial charge in [-0.2, -0.15) is 0 Å². The van der Waals surface area contributed by atoms with Crippen LogP contribution in [0.4, 0.5) is 11.4 Å². The van der Waals surface area contributed by atoms with Crippen LogP contribution in [0, 0.1) is 17.0 Å². The lowest BCUT2D eigenvalue weighted by Gasteiger charge is -2.15. The molecule has 1 N–H and O–H groups in total. The van der Waals surface area contributed by atoms with Crippen LogP contribution in [0.5, 0.6) is 5.75 Å². The molecule has 184 valence electrons. The van der Waals surface area contributed by atoms with Gasteiger partial charge < -0.3 is 10.1 Å². The van der Waals surface area contributed by atoms with Crippen molar-refractivity contribution in [2.45, 2.75) is 30.9 Å². The molecule has 1 unspecified atom stereocenters. The molecule has 0 saturated heterocycles. The fourth-order valence-corrected chi connectivity index (χ4v) is 4.30. The second-order valence-corrected chi connectivity index (χ2v) is 9.56. The second kappa shape index (κ2) is 11.2. The van der Waals surface area contributed by atoms with Crippen LogP contribution >= 0.6 is 23.4 Å². The summed E-state index contributed by atoms with van der Waals surface area (Å²) in [5.41, 5.74) is 1.84. The van der Waals surface area contributed by atoms with E-state index in [0.29, 0.717) is 27.4 Å². The highest BCUT2D eigenvalue weighted by Crippen LogP contribution is 2.28. The molecule has 9 nitrogen and oxygen atoms in total. The number of amides is 1. The maximum Gasteiger partial charge on any atom is 0.271 e. The number of anilines is 1. The first-order chi connectivity index (χ1) is 17.3. The molecule has 1 heterocycles. The summed E-state index contributed by atoms with van der Waals surface area (Å²) >= 11 is 7.17. The molecule has 3 aromatic carbocycles. The maximum atomic E-state index is 12.9. The van der Waals surface area contributed by atoms with Crippen molar-refractivity contribution >= 4 is 40.6 Å². The first-order valence-corrected chi connectivity index (χ1v) is 12.2. The van der Waals surface area contributed by atoms with E-state index in [1.165, 1.54) is 23.9 Å². The minimum Gasteiger partial charge on any atom is -0.486 e. The highest BCUT2D eigenvalue weighted by Gasteiger charge is 2.22. The summed E-state index contributed by atoms with van der Waals surface area (Å²) in [5, 5.41) is 23.1. The highest BCUT2D eigenvalue weighted by atomic mass is 35.5. The Balaban J connectivity index is 1.54. The van der Waals surface area contributed by atoms with E-state index in [-0.39, 0.29) is 18.2 Å². The number of rotatable bonds is 9. The molecule has 0 aliphatic carbocycles. The summed E-state index contributed by atoms with van der Waals surface area (Å²) in [6.45, 7) is 3.66. The zero-order chi connectivity index (χ0) is 25.7. The van der Waals surface area contributed by atoms with Gasteiger partial charge in [0.25, 0.3) is 5.69 Å². The van der Waals surface area contributed by atoms with Crippen LogP contribution in [0.25, 0.3) is 5.69 Å². The van der Waals surface area contributed by atoms with Crippen LogP contribution in [0.1, 0.15) is 18.3 Å². The van der Waals surface area contributed by atoms with E-state index in [0.717, 1.165) is 11.3 Å². The summed E-state index contributed by atoms with van der Waals surface area (Å²) in [4.78, 5) is 23.6. The Hall–Kier alpha value is -3.89. The molecule has 36 heavy (non-hydrogen) atoms. The SMILES string of the molecule is Cc1ccc([N+](=O)[O-])cc1NC(=O)C(C)Sc1nnc(COc2ccc(Cl)cc2)n1-c1ccccc1. The van der Waals surface area contributed by atoms with Crippen LogP contribution in [-0.4, -0.2) is 30.8 Å². The predicted molar refractivity (Wildman–Crippen MR) is 139 cm³/mol. The molecule has 0 saturated carbocycles. The number of aryl methyl sites for hydroxylation is 1. The Morgan fingerprint density at radius 1 is 1.14 bits per heavy atom. The molecule has 1 amide bonds. The molecule has 0 fully saturated rings. The smallest absolute Gasteiger partial charge is 0.271 e. The number of nitro benzene ring substituents is 1. The normalized spacial score (nSPS) is 11.6. The van der Waals surface area contributed by atoms with Crippen molar-refractivity contribution in [3.8, 4) is 11.4 Å². The zero-order valence-corrected chi connectivity index (χ0v) is 21.0. The van der Waals surface area contributed by atoms with Gasteiger partial charge in [0.15, 0.2) is 11.0 Å². The second-order valence-electron chi connectivity index (χ2n) is 7.82. The van der Waals surface area contributed by atoms with Crippen molar-refractivity contribution < 1.29 is 14.5 Å². The summed E-state index contributed by atoms with van der Waals surface area (Å²) in [7, 11) is 0. The fourth-order valence-electron chi connectivity index (χ4n) is 3.29. The predicted octanol–water partition coefficient (Wildman–Crippen LogP) is 5.84. The van der Waals surface area contributed by atoms with E-state index in [1.54, 1.807) is 44.2 Å². The number of ether oxygens (including phenoxy) is 1. The lowest BCUT2D eigenvalue weighted by molar-refractivity contribution is -0.384. The molecular weight excluding hydrogens is 502 g/mol. The number of nitrogens with one attached hydrogen (secondary N) is 1. The van der Waals surface area contributed by atoms with E-state index < -0.39 is 10.2 Å². The van der Waals surface area contributed by atoms with Gasteiger partial charge in [-0.25, -0.2) is 0 Å². The van der Waals surface area contributed by atoms with Crippen LogP contribution in [0.2, 0.25) is 5.02 Å². The van der Waals surface area contributed by atoms with Gasteiger partial charge in [0.1, 0.15) is 12.4 Å². The first kappa shape index (κ1) is 25.2. The van der Waals surface area contributed by atoms with E-state index in [4.69, 9.17) is 16.3 Å². The minimum absolute atomic E-state index is 0.0923. The van der Waals surface area contributed by atoms with Crippen LogP contribution < -0.4 is 10.1 Å². The van der Waals surface area contributed by atoms with Crippen molar-refractivity contribution in [2.24, 2.45) is 0 Å². The Morgan fingerprint density at radius 3 is 2.56 bits per heavy atom. The number of nitrogens with zero attached hydrogens (tertiary/aromatic N) is 4. The van der Waals surface area contributed by atoms with E-state index in [2.05, 4.69) is 15.5 Å². The summed E-state index contributed by atoms with van der Waals surface area (Å²) in [6, 6.07) is 20.9. The quantitative estimate of drug-likeness (QED) is 0.167. The highest BCUT2D eigenvalue weighted by molar-refractivity contribution is 8.00. The van der Waals surface area contributed by atoms with Crippen molar-refractivity contribution in [1.29, 1.82) is 0 Å². The van der Waals surface area contributed by atoms with Crippen LogP contribution in [0.15, 0.2) is 78.0 Å². The van der Waals surface area contributed by atoms with Crippen molar-refractivity contribution in [3.63, 3.8) is 0 Å². The average molecular weight is 524 g/mol. The number of benzene rings is 3. The Labute approximate surface area is 216 Å². The minimum atomic E-state index is -0.569. The van der Waals surface area contributed by atoms with E-state index >= 15 is 0 Å². The number of carbonyl (C=O) groups is 1. The van der Waals surface area contributed by atoms with E-state index in [1.807, 2.05) is 34.9 Å². The van der Waals surface area contributed by atoms with Crippen molar-refractivity contribution in [3.05, 3.63) is 99.3 Å². The van der Waals surface area contributed by atoms with Gasteiger partial charge >= 0.3 is 0 Å². The topological polar surface area (TPSA) is 112 Å². The number of nitro groups is 1. The molecular formula is C25H22ClN5O4S. The zero-order valence-electron chi connectivity index (χ0n) is 19.4. The third kappa shape index (κ3) is 6.02. The monoisotopic (exact) mass is 523 g/mol. The third-order valence-electron chi connectivity index (χ3n) is 5.24. The van der Waals surface area contributed by atoms with Crippen molar-refractivity contribution in [2.75, 3.05) is 5.32 Å². The molecule has 0 aliphatic heterocycles. The van der Waals surface area contributed by atoms with Crippen molar-refractivity contribution in [1.82, 2.24) is 14.8 Å². The van der Waals surface area contributed by atoms with Gasteiger partial charge in [-0.05, 0) is 55.8 Å². The molecule has 0 aliphatic rings. The molecule has 4 aromatic rings. The summed E-state index contributed by atoms with van der Waals surface area (Å²) < 4.78 is 7.71. The molecule has 4 rings (SSSR count). The summed E-state index contributed by atoms with van der Waals surface area (Å²) in [6.07, 6.45) is 0. The fraction of sp³-hybridized carbons (Fsp3) is 0.160. The van der Waals surface area contributed by atoms with Crippen LogP contribution in [0.3, 0.4) is 0 Å². The molecule has 1 aromatic heterocycles. The molecule has 0 bridgehead atoms. The number of hydrogen-bond acceptors (Lipinski definition) is 7. The van der Waals surface area contributed by atoms with Gasteiger partial charge in [0.05, 0.1) is 15.9 Å². The molecule has 0 spiro atoms. The van der Waals surface area contributed by atoms with Gasteiger partial charge in [-0.1, -0.05) is 47.6 Å². The number of halogens is 1. The van der Waals surface area contributed by atoms with Crippen LogP contribution in [-0.2, 0) is 11.4 Å². The number of thioether (sulfide) groups is 1. The number of carbonyl (C=O) groups excluding carboxylic acids is 1. The molecule has 0 radical (unpaired) electrons.